The van der Waals surface area contributed by atoms with Crippen LogP contribution < -0.4 is 0 Å². The number of hydrogen-bond donors (Lipinski definition) is 0. The van der Waals surface area contributed by atoms with Crippen LogP contribution in [0, 0.1) is 13.8 Å². The Hall–Kier alpha value is -3.63. The van der Waals surface area contributed by atoms with Crippen LogP contribution in [-0.4, -0.2) is 66.1 Å². The van der Waals surface area contributed by atoms with Gasteiger partial charge in [0.25, 0.3) is 0 Å². The summed E-state index contributed by atoms with van der Waals surface area (Å²) in [4.78, 5) is 52.2. The Morgan fingerprint density at radius 2 is 1.53 bits per heavy atom. The van der Waals surface area contributed by atoms with Gasteiger partial charge < -0.3 is 18.9 Å². The van der Waals surface area contributed by atoms with E-state index in [4.69, 9.17) is 18.9 Å². The molecule has 0 aromatic heterocycles. The molecule has 0 aliphatic carbocycles. The molecule has 0 radical (unpaired) electrons. The molecule has 10 heteroatoms. The van der Waals surface area contributed by atoms with Crippen LogP contribution in [0.1, 0.15) is 45.2 Å². The van der Waals surface area contributed by atoms with Gasteiger partial charge in [-0.25, -0.2) is 14.4 Å². The summed E-state index contributed by atoms with van der Waals surface area (Å²) in [5.74, 6) is -2.01. The number of ether oxygens (including phenoxy) is 4. The summed E-state index contributed by atoms with van der Waals surface area (Å²) in [6, 6.07) is 13.8. The van der Waals surface area contributed by atoms with E-state index in [-0.39, 0.29) is 37.0 Å². The van der Waals surface area contributed by atoms with Crippen molar-refractivity contribution < 1.29 is 38.1 Å². The highest BCUT2D eigenvalue weighted by Gasteiger charge is 2.45. The van der Waals surface area contributed by atoms with Gasteiger partial charge in [-0.3, -0.25) is 9.69 Å². The molecule has 0 saturated carbocycles. The van der Waals surface area contributed by atoms with Gasteiger partial charge in [0.05, 0.1) is 23.5 Å². The van der Waals surface area contributed by atoms with Crippen molar-refractivity contribution in [1.82, 2.24) is 4.90 Å². The van der Waals surface area contributed by atoms with Gasteiger partial charge in [0.2, 0.25) is 5.91 Å². The van der Waals surface area contributed by atoms with E-state index in [9.17, 15) is 19.2 Å². The number of esters is 3. The molecule has 2 aliphatic heterocycles. The molecule has 2 unspecified atom stereocenters. The Morgan fingerprint density at radius 3 is 2.13 bits per heavy atom. The van der Waals surface area contributed by atoms with Crippen LogP contribution in [-0.2, 0) is 28.5 Å². The zero-order chi connectivity index (χ0) is 27.2. The zero-order valence-corrected chi connectivity index (χ0v) is 22.2. The molecular formula is C28H29NO8S. The van der Waals surface area contributed by atoms with Crippen molar-refractivity contribution in [1.29, 1.82) is 0 Å². The van der Waals surface area contributed by atoms with E-state index in [1.807, 2.05) is 13.8 Å². The lowest BCUT2D eigenvalue weighted by Crippen LogP contribution is -2.45. The van der Waals surface area contributed by atoms with Crippen molar-refractivity contribution >= 4 is 35.6 Å². The number of carbonyl (C=O) groups is 4. The quantitative estimate of drug-likeness (QED) is 0.366. The predicted molar refractivity (Wildman–Crippen MR) is 139 cm³/mol. The first-order valence-electron chi connectivity index (χ1n) is 12.2. The van der Waals surface area contributed by atoms with Gasteiger partial charge in [-0.1, -0.05) is 35.4 Å². The fourth-order valence-corrected chi connectivity index (χ4v) is 4.81. The maximum absolute atomic E-state index is 12.9. The third-order valence-electron chi connectivity index (χ3n) is 6.09. The lowest BCUT2D eigenvalue weighted by molar-refractivity contribution is -0.151. The van der Waals surface area contributed by atoms with E-state index in [1.165, 1.54) is 16.7 Å². The van der Waals surface area contributed by atoms with Gasteiger partial charge in [-0.15, -0.1) is 11.8 Å². The first-order valence-corrected chi connectivity index (χ1v) is 13.3. The monoisotopic (exact) mass is 539 g/mol. The minimum atomic E-state index is -0.919. The maximum Gasteiger partial charge on any atom is 0.355 e. The summed E-state index contributed by atoms with van der Waals surface area (Å²) in [6.07, 6.45) is -2.55. The van der Waals surface area contributed by atoms with E-state index in [2.05, 4.69) is 0 Å². The molecular weight excluding hydrogens is 510 g/mol. The molecule has 200 valence electrons. The summed E-state index contributed by atoms with van der Waals surface area (Å²) in [6.45, 7) is 5.41. The van der Waals surface area contributed by atoms with E-state index in [1.54, 1.807) is 60.9 Å². The number of amides is 1. The topological polar surface area (TPSA) is 108 Å². The van der Waals surface area contributed by atoms with Crippen molar-refractivity contribution in [2.75, 3.05) is 19.0 Å². The number of thioether (sulfide) groups is 1. The summed E-state index contributed by atoms with van der Waals surface area (Å²) in [5, 5.41) is 1.56. The Bertz CT molecular complexity index is 1220. The third kappa shape index (κ3) is 6.43. The SMILES string of the molecule is CCOC(=O)C1=CSCC(=O)N1C1C[C@@H](OC(=O)c2ccc(C)cc2)C(COC(=O)c2ccc(C)cc2)O1. The molecule has 0 N–H and O–H groups in total. The van der Waals surface area contributed by atoms with Crippen molar-refractivity contribution in [3.8, 4) is 0 Å². The maximum atomic E-state index is 12.9. The first kappa shape index (κ1) is 27.4. The number of hydrogen-bond acceptors (Lipinski definition) is 9. The van der Waals surface area contributed by atoms with Crippen LogP contribution in [0.4, 0.5) is 0 Å². The Morgan fingerprint density at radius 1 is 0.921 bits per heavy atom. The second-order valence-corrected chi connectivity index (χ2v) is 9.80. The lowest BCUT2D eigenvalue weighted by atomic mass is 10.1. The molecule has 1 amide bonds. The molecule has 2 heterocycles. The second-order valence-electron chi connectivity index (χ2n) is 8.94. The number of aryl methyl sites for hydroxylation is 2. The fraction of sp³-hybridized carbons (Fsp3) is 0.357. The van der Waals surface area contributed by atoms with Crippen LogP contribution in [0.3, 0.4) is 0 Å². The standard InChI is InChI=1S/C28H29NO8S/c1-4-34-28(33)21-15-38-16-24(30)29(21)25-13-22(37-27(32)20-11-7-18(3)8-12-20)23(36-25)14-35-26(31)19-9-5-17(2)6-10-19/h5-12,15,22-23,25H,4,13-14,16H2,1-3H3/t22-,23?,25?/m1/s1. The first-order chi connectivity index (χ1) is 18.3. The average molecular weight is 540 g/mol. The zero-order valence-electron chi connectivity index (χ0n) is 21.4. The van der Waals surface area contributed by atoms with Crippen LogP contribution in [0.15, 0.2) is 59.6 Å². The van der Waals surface area contributed by atoms with Crippen molar-refractivity contribution in [2.45, 2.75) is 45.6 Å². The molecule has 0 bridgehead atoms. The molecule has 9 nitrogen and oxygen atoms in total. The molecule has 2 aromatic rings. The highest BCUT2D eigenvalue weighted by molar-refractivity contribution is 8.02. The molecule has 0 spiro atoms. The van der Waals surface area contributed by atoms with Gasteiger partial charge in [0.15, 0.2) is 0 Å². The summed E-state index contributed by atoms with van der Waals surface area (Å²) >= 11 is 1.19. The van der Waals surface area contributed by atoms with Crippen LogP contribution in [0.25, 0.3) is 0 Å². The number of benzene rings is 2. The minimum absolute atomic E-state index is 0.0546. The van der Waals surface area contributed by atoms with E-state index in [0.717, 1.165) is 11.1 Å². The minimum Gasteiger partial charge on any atom is -0.461 e. The second kappa shape index (κ2) is 12.3. The van der Waals surface area contributed by atoms with Crippen LogP contribution in [0.5, 0.6) is 0 Å². The predicted octanol–water partition coefficient (Wildman–Crippen LogP) is 3.78. The molecule has 1 saturated heterocycles. The van der Waals surface area contributed by atoms with Gasteiger partial charge in [-0.05, 0) is 45.0 Å². The Kier molecular flexibility index (Phi) is 8.85. The highest BCUT2D eigenvalue weighted by atomic mass is 32.2. The molecule has 2 aliphatic rings. The van der Waals surface area contributed by atoms with E-state index in [0.29, 0.717) is 11.1 Å². The van der Waals surface area contributed by atoms with Crippen LogP contribution in [0.2, 0.25) is 0 Å². The summed E-state index contributed by atoms with van der Waals surface area (Å²) < 4.78 is 22.5. The third-order valence-corrected chi connectivity index (χ3v) is 6.90. The number of rotatable bonds is 8. The van der Waals surface area contributed by atoms with Gasteiger partial charge in [0.1, 0.15) is 30.7 Å². The number of nitrogens with zero attached hydrogens (tertiary/aromatic N) is 1. The number of carbonyl (C=O) groups excluding carboxylic acids is 4. The fourth-order valence-electron chi connectivity index (χ4n) is 4.08. The van der Waals surface area contributed by atoms with Gasteiger partial charge >= 0.3 is 17.9 Å². The Labute approximate surface area is 225 Å². The molecule has 38 heavy (non-hydrogen) atoms. The van der Waals surface area contributed by atoms with Gasteiger partial charge in [-0.2, -0.15) is 0 Å². The molecule has 3 atom stereocenters. The van der Waals surface area contributed by atoms with Crippen LogP contribution >= 0.6 is 11.8 Å². The van der Waals surface area contributed by atoms with Crippen molar-refractivity contribution in [3.63, 3.8) is 0 Å². The normalized spacial score (nSPS) is 21.0. The van der Waals surface area contributed by atoms with E-state index >= 15 is 0 Å². The summed E-state index contributed by atoms with van der Waals surface area (Å²) in [5.41, 5.74) is 2.77. The summed E-state index contributed by atoms with van der Waals surface area (Å²) in [7, 11) is 0. The molecule has 1 fully saturated rings. The largest absolute Gasteiger partial charge is 0.461 e. The van der Waals surface area contributed by atoms with Crippen molar-refractivity contribution in [2.24, 2.45) is 0 Å². The van der Waals surface area contributed by atoms with Gasteiger partial charge in [0, 0.05) is 11.8 Å². The average Bonchev–Trinajstić information content (AvgIpc) is 3.29. The molecule has 4 rings (SSSR count). The molecule has 2 aromatic carbocycles. The smallest absolute Gasteiger partial charge is 0.355 e. The Balaban J connectivity index is 1.53. The lowest BCUT2D eigenvalue weighted by Gasteiger charge is -2.31. The van der Waals surface area contributed by atoms with E-state index < -0.39 is 36.3 Å². The highest BCUT2D eigenvalue weighted by Crippen LogP contribution is 2.33. The van der Waals surface area contributed by atoms with Crippen molar-refractivity contribution in [3.05, 3.63) is 81.9 Å².